The van der Waals surface area contributed by atoms with E-state index in [1.54, 1.807) is 67.0 Å². The largest absolute Gasteiger partial charge is 0.508 e. The molecule has 0 fully saturated rings. The number of amides is 8. The number of benzene rings is 3. The second kappa shape index (κ2) is 29.5. The Morgan fingerprint density at radius 1 is 0.595 bits per heavy atom. The minimum Gasteiger partial charge on any atom is -0.508 e. The number of carbonyl (C=O) groups is 10. The zero-order valence-corrected chi connectivity index (χ0v) is 41.7. The summed E-state index contributed by atoms with van der Waals surface area (Å²) >= 11 is 1.35. The Labute approximate surface area is 430 Å². The summed E-state index contributed by atoms with van der Waals surface area (Å²) in [4.78, 5) is 135. The molecule has 0 aliphatic carbocycles. The highest BCUT2D eigenvalue weighted by Gasteiger charge is 2.34. The molecule has 0 aliphatic rings. The van der Waals surface area contributed by atoms with Gasteiger partial charge in [0.1, 0.15) is 42.0 Å². The van der Waals surface area contributed by atoms with E-state index in [1.807, 2.05) is 6.92 Å². The Balaban J connectivity index is 1.53. The summed E-state index contributed by atoms with van der Waals surface area (Å²) in [7, 11) is 0. The summed E-state index contributed by atoms with van der Waals surface area (Å²) in [5.74, 6) is -9.67. The van der Waals surface area contributed by atoms with Crippen LogP contribution in [0.4, 0.5) is 0 Å². The number of rotatable bonds is 31. The monoisotopic (exact) mass is 1040 g/mol. The van der Waals surface area contributed by atoms with Gasteiger partial charge in [-0.2, -0.15) is 11.8 Å². The summed E-state index contributed by atoms with van der Waals surface area (Å²) in [6.07, 6.45) is 2.50. The molecule has 1 aromatic heterocycles. The molecule has 0 radical (unpaired) electrons. The Morgan fingerprint density at radius 3 is 1.74 bits per heavy atom. The summed E-state index contributed by atoms with van der Waals surface area (Å²) < 4.78 is 0. The van der Waals surface area contributed by atoms with E-state index >= 15 is 0 Å². The van der Waals surface area contributed by atoms with Crippen LogP contribution in [0.2, 0.25) is 0 Å². The molecular formula is C50H64N10O13S. The molecule has 0 saturated carbocycles. The minimum absolute atomic E-state index is 0.0215. The van der Waals surface area contributed by atoms with Crippen LogP contribution in [-0.4, -0.2) is 140 Å². The fraction of sp³-hybridized carbons (Fsp3) is 0.400. The number of carboxylic acids is 2. The predicted molar refractivity (Wildman–Crippen MR) is 273 cm³/mol. The van der Waals surface area contributed by atoms with Gasteiger partial charge < -0.3 is 69.0 Å². The van der Waals surface area contributed by atoms with Crippen LogP contribution in [0.3, 0.4) is 0 Å². The zero-order chi connectivity index (χ0) is 54.3. The number of H-pyrrole nitrogens is 1. The number of aromatic nitrogens is 1. The van der Waals surface area contributed by atoms with Crippen LogP contribution < -0.4 is 48.7 Å². The van der Waals surface area contributed by atoms with Crippen molar-refractivity contribution in [3.8, 4) is 5.75 Å². The number of phenols is 1. The van der Waals surface area contributed by atoms with Gasteiger partial charge in [0, 0.05) is 36.4 Å². The molecule has 8 amide bonds. The Bertz CT molecular complexity index is 2600. The molecule has 0 spiro atoms. The van der Waals surface area contributed by atoms with Gasteiger partial charge in [0.2, 0.25) is 47.3 Å². The quantitative estimate of drug-likeness (QED) is 0.0306. The van der Waals surface area contributed by atoms with Gasteiger partial charge in [-0.25, -0.2) is 0 Å². The lowest BCUT2D eigenvalue weighted by Crippen LogP contribution is -2.59. The van der Waals surface area contributed by atoms with Crippen LogP contribution in [0.1, 0.15) is 62.1 Å². The maximum atomic E-state index is 14.3. The van der Waals surface area contributed by atoms with Crippen molar-refractivity contribution in [2.75, 3.05) is 18.6 Å². The number of carbonyl (C=O) groups excluding carboxylic acids is 8. The molecule has 1 heterocycles. The first-order chi connectivity index (χ1) is 35.3. The predicted octanol–water partition coefficient (Wildman–Crippen LogP) is -0.368. The van der Waals surface area contributed by atoms with Crippen molar-refractivity contribution >= 4 is 81.9 Å². The standard InChI is InChI=1S/C50H64N10O13S/c1-3-4-13-35(47(70)60-40(25-43(65)66)50(73)58-37(44(52)67)21-28-10-6-5-7-11-28)56-49(72)39(23-30-26-53-34-14-9-8-12-32(30)34)55-41(62)27-54-46(69)36(19-20-74-2)57-48(71)38(22-29-15-17-31(61)18-16-29)59-45(68)33(51)24-42(63)64/h5-12,14-18,26,33,35-40,53,61H,3-4,13,19-25,27,51H2,1-2H3,(H2,52,67)(H,54,69)(H,55,62)(H,56,72)(H,57,71)(H,58,73)(H,59,68)(H,60,70)(H,63,64)(H,65,66)/t33-,35+,36+,37+,38+,39+,40+/m1/s1. The number of phenolic OH excluding ortho intramolecular Hbond substituents is 1. The summed E-state index contributed by atoms with van der Waals surface area (Å²) in [5.41, 5.74) is 13.8. The molecule has 23 nitrogen and oxygen atoms in total. The number of aromatic hydroxyl groups is 1. The van der Waals surface area contributed by atoms with E-state index in [4.69, 9.17) is 16.6 Å². The number of para-hydroxylation sites is 1. The lowest BCUT2D eigenvalue weighted by Gasteiger charge is -2.26. The van der Waals surface area contributed by atoms with Crippen molar-refractivity contribution in [2.45, 2.75) is 107 Å². The number of nitrogens with one attached hydrogen (secondary N) is 8. The Kier molecular flexibility index (Phi) is 23.4. The second-order valence-electron chi connectivity index (χ2n) is 17.4. The van der Waals surface area contributed by atoms with Crippen LogP contribution >= 0.6 is 11.8 Å². The highest BCUT2D eigenvalue weighted by molar-refractivity contribution is 7.98. The van der Waals surface area contributed by atoms with Crippen LogP contribution in [0, 0.1) is 0 Å². The van der Waals surface area contributed by atoms with E-state index in [9.17, 15) is 58.2 Å². The highest BCUT2D eigenvalue weighted by atomic mass is 32.2. The number of carboxylic acid groups (broad SMARTS) is 2. The molecule has 24 heteroatoms. The second-order valence-corrected chi connectivity index (χ2v) is 18.4. The molecule has 4 rings (SSSR count). The molecule has 0 bridgehead atoms. The molecule has 0 saturated heterocycles. The number of hydrogen-bond acceptors (Lipinski definition) is 13. The summed E-state index contributed by atoms with van der Waals surface area (Å²) in [5, 5.41) is 47.0. The number of hydrogen-bond donors (Lipinski definition) is 13. The first kappa shape index (κ1) is 58.6. The SMILES string of the molecule is CCCC[C@H](NC(=O)[C@H](Cc1c[nH]c2ccccc12)NC(=O)CNC(=O)[C@H](CCSC)NC(=O)[C@H](Cc1ccc(O)cc1)NC(=O)[C@H](N)CC(=O)O)C(=O)N[C@@H](CC(=O)O)C(=O)N[C@@H](Cc1ccccc1)C(N)=O. The van der Waals surface area contributed by atoms with Gasteiger partial charge >= 0.3 is 11.9 Å². The van der Waals surface area contributed by atoms with E-state index in [2.05, 4.69) is 42.2 Å². The highest BCUT2D eigenvalue weighted by Crippen LogP contribution is 2.20. The third-order valence-electron chi connectivity index (χ3n) is 11.6. The summed E-state index contributed by atoms with van der Waals surface area (Å²) in [6, 6.07) is 11.6. The molecule has 15 N–H and O–H groups in total. The van der Waals surface area contributed by atoms with Crippen molar-refractivity contribution in [1.29, 1.82) is 0 Å². The third-order valence-corrected chi connectivity index (χ3v) is 12.2. The summed E-state index contributed by atoms with van der Waals surface area (Å²) in [6.45, 7) is 1.12. The number of unbranched alkanes of at least 4 members (excludes halogenated alkanes) is 1. The maximum Gasteiger partial charge on any atom is 0.305 e. The molecule has 0 unspecified atom stereocenters. The first-order valence-corrected chi connectivity index (χ1v) is 25.1. The van der Waals surface area contributed by atoms with Gasteiger partial charge in [0.05, 0.1) is 25.4 Å². The Morgan fingerprint density at radius 2 is 1.12 bits per heavy atom. The van der Waals surface area contributed by atoms with Gasteiger partial charge in [0.25, 0.3) is 0 Å². The van der Waals surface area contributed by atoms with Gasteiger partial charge in [0.15, 0.2) is 0 Å². The van der Waals surface area contributed by atoms with Crippen LogP contribution in [0.5, 0.6) is 5.75 Å². The molecule has 74 heavy (non-hydrogen) atoms. The maximum absolute atomic E-state index is 14.3. The number of fused-ring (bicyclic) bond motifs is 1. The van der Waals surface area contributed by atoms with Gasteiger partial charge in [-0.3, -0.25) is 47.9 Å². The van der Waals surface area contributed by atoms with E-state index < -0.39 is 121 Å². The number of aliphatic carboxylic acids is 2. The molecule has 3 aromatic carbocycles. The molecule has 7 atom stereocenters. The van der Waals surface area contributed by atoms with E-state index in [0.29, 0.717) is 40.7 Å². The van der Waals surface area contributed by atoms with E-state index in [-0.39, 0.29) is 37.9 Å². The van der Waals surface area contributed by atoms with Gasteiger partial charge in [-0.15, -0.1) is 0 Å². The topological polar surface area (TPSA) is 383 Å². The van der Waals surface area contributed by atoms with Crippen LogP contribution in [0.15, 0.2) is 85.1 Å². The van der Waals surface area contributed by atoms with E-state index in [1.165, 1.54) is 36.0 Å². The van der Waals surface area contributed by atoms with Crippen molar-refractivity contribution in [3.05, 3.63) is 102 Å². The number of thioether (sulfide) groups is 1. The average molecular weight is 1050 g/mol. The normalized spacial score (nSPS) is 13.8. The third kappa shape index (κ3) is 19.2. The smallest absolute Gasteiger partial charge is 0.305 e. The van der Waals surface area contributed by atoms with Gasteiger partial charge in [-0.05, 0) is 59.7 Å². The Hall–Kier alpha value is -7.99. The lowest BCUT2D eigenvalue weighted by atomic mass is 10.0. The van der Waals surface area contributed by atoms with Crippen molar-refractivity contribution < 1.29 is 63.3 Å². The van der Waals surface area contributed by atoms with E-state index in [0.717, 1.165) is 5.52 Å². The number of primary amides is 1. The van der Waals surface area contributed by atoms with Crippen molar-refractivity contribution in [3.63, 3.8) is 0 Å². The fourth-order valence-corrected chi connectivity index (χ4v) is 8.10. The van der Waals surface area contributed by atoms with Crippen LogP contribution in [-0.2, 0) is 67.2 Å². The van der Waals surface area contributed by atoms with Gasteiger partial charge in [-0.1, -0.05) is 80.4 Å². The zero-order valence-electron chi connectivity index (χ0n) is 40.9. The average Bonchev–Trinajstić information content (AvgIpc) is 3.77. The fourth-order valence-electron chi connectivity index (χ4n) is 7.63. The van der Waals surface area contributed by atoms with Crippen molar-refractivity contribution in [2.24, 2.45) is 11.5 Å². The minimum atomic E-state index is -1.71. The number of aromatic amines is 1. The number of nitrogens with two attached hydrogens (primary N) is 2. The molecule has 4 aromatic rings. The lowest BCUT2D eigenvalue weighted by molar-refractivity contribution is -0.141. The first-order valence-electron chi connectivity index (χ1n) is 23.7. The van der Waals surface area contributed by atoms with Crippen molar-refractivity contribution in [1.82, 2.24) is 42.2 Å². The molecular weight excluding hydrogens is 981 g/mol. The van der Waals surface area contributed by atoms with Crippen LogP contribution in [0.25, 0.3) is 10.9 Å². The molecule has 0 aliphatic heterocycles. The molecule has 398 valence electrons.